The predicted octanol–water partition coefficient (Wildman–Crippen LogP) is 1.00. The van der Waals surface area contributed by atoms with Gasteiger partial charge in [0.1, 0.15) is 11.4 Å². The van der Waals surface area contributed by atoms with E-state index >= 15 is 0 Å². The second-order valence-corrected chi connectivity index (χ2v) is 4.67. The Bertz CT molecular complexity index is 520. The van der Waals surface area contributed by atoms with E-state index in [1.807, 2.05) is 12.3 Å². The van der Waals surface area contributed by atoms with E-state index in [9.17, 15) is 4.79 Å². The Morgan fingerprint density at radius 1 is 1.47 bits per heavy atom. The third kappa shape index (κ3) is 3.10. The molecule has 2 aromatic heterocycles. The van der Waals surface area contributed by atoms with Gasteiger partial charge < -0.3 is 5.32 Å². The lowest BCUT2D eigenvalue weighted by molar-refractivity contribution is -0.120. The summed E-state index contributed by atoms with van der Waals surface area (Å²) < 4.78 is 4.54. The van der Waals surface area contributed by atoms with Crippen LogP contribution in [-0.4, -0.2) is 21.2 Å². The zero-order chi connectivity index (χ0) is 12.3. The Balaban J connectivity index is 1.84. The molecule has 0 aliphatic carbocycles. The van der Waals surface area contributed by atoms with Crippen molar-refractivity contribution in [2.45, 2.75) is 26.8 Å². The Kier molecular flexibility index (Phi) is 3.48. The van der Waals surface area contributed by atoms with Crippen molar-refractivity contribution >= 4 is 17.2 Å². The third-order valence-electron chi connectivity index (χ3n) is 2.21. The molecule has 0 saturated carbocycles. The minimum Gasteiger partial charge on any atom is -0.350 e. The maximum atomic E-state index is 11.6. The van der Waals surface area contributed by atoms with Gasteiger partial charge >= 0.3 is 0 Å². The molecule has 90 valence electrons. The van der Waals surface area contributed by atoms with Crippen molar-refractivity contribution in [3.05, 3.63) is 27.5 Å². The molecule has 0 radical (unpaired) electrons. The molecule has 0 aliphatic heterocycles. The minimum absolute atomic E-state index is 0.0855. The molecule has 17 heavy (non-hydrogen) atoms. The van der Waals surface area contributed by atoms with Gasteiger partial charge in [0.15, 0.2) is 0 Å². The van der Waals surface area contributed by atoms with E-state index in [1.165, 1.54) is 11.3 Å². The van der Waals surface area contributed by atoms with Crippen molar-refractivity contribution in [3.63, 3.8) is 0 Å². The standard InChI is InChI=1S/C10H12N4O2S/c1-6-9(14-16-13-6)4-11-10(15)3-8-5-17-7(2)12-8/h5H,3-4H2,1-2H3,(H,11,15). The Hall–Kier alpha value is -1.76. The van der Waals surface area contributed by atoms with Crippen molar-refractivity contribution in [3.8, 4) is 0 Å². The summed E-state index contributed by atoms with van der Waals surface area (Å²) in [5.74, 6) is -0.0855. The number of aromatic nitrogens is 3. The first-order chi connectivity index (χ1) is 8.15. The molecule has 1 N–H and O–H groups in total. The molecule has 0 bridgehead atoms. The molecule has 0 unspecified atom stereocenters. The molecule has 0 aliphatic rings. The number of rotatable bonds is 4. The van der Waals surface area contributed by atoms with Crippen molar-refractivity contribution in [1.82, 2.24) is 20.6 Å². The van der Waals surface area contributed by atoms with E-state index in [0.29, 0.717) is 17.9 Å². The molecule has 2 aromatic rings. The zero-order valence-corrected chi connectivity index (χ0v) is 10.4. The number of carbonyl (C=O) groups excluding carboxylic acids is 1. The van der Waals surface area contributed by atoms with Gasteiger partial charge in [-0.2, -0.15) is 0 Å². The first-order valence-electron chi connectivity index (χ1n) is 5.11. The molecular formula is C10H12N4O2S. The summed E-state index contributed by atoms with van der Waals surface area (Å²) in [4.78, 5) is 15.8. The topological polar surface area (TPSA) is 80.9 Å². The highest BCUT2D eigenvalue weighted by atomic mass is 32.1. The van der Waals surface area contributed by atoms with Gasteiger partial charge in [0.2, 0.25) is 5.91 Å². The number of amides is 1. The monoisotopic (exact) mass is 252 g/mol. The van der Waals surface area contributed by atoms with Crippen LogP contribution in [0.15, 0.2) is 10.0 Å². The lowest BCUT2D eigenvalue weighted by Gasteiger charge is -2.00. The SMILES string of the molecule is Cc1nc(CC(=O)NCc2nonc2C)cs1. The van der Waals surface area contributed by atoms with E-state index in [-0.39, 0.29) is 12.3 Å². The average Bonchev–Trinajstić information content (AvgIpc) is 2.85. The molecule has 0 fully saturated rings. The van der Waals surface area contributed by atoms with Crippen LogP contribution in [0, 0.1) is 13.8 Å². The second kappa shape index (κ2) is 5.05. The van der Waals surface area contributed by atoms with Crippen LogP contribution in [0.1, 0.15) is 22.1 Å². The van der Waals surface area contributed by atoms with Crippen molar-refractivity contribution in [1.29, 1.82) is 0 Å². The van der Waals surface area contributed by atoms with Crippen LogP contribution >= 0.6 is 11.3 Å². The molecule has 0 spiro atoms. The second-order valence-electron chi connectivity index (χ2n) is 3.61. The summed E-state index contributed by atoms with van der Waals surface area (Å²) in [6.07, 6.45) is 0.286. The summed E-state index contributed by atoms with van der Waals surface area (Å²) >= 11 is 1.54. The molecule has 6 nitrogen and oxygen atoms in total. The Labute approximate surface area is 102 Å². The summed E-state index contributed by atoms with van der Waals surface area (Å²) in [5.41, 5.74) is 2.13. The van der Waals surface area contributed by atoms with Crippen LogP contribution in [0.5, 0.6) is 0 Å². The highest BCUT2D eigenvalue weighted by Crippen LogP contribution is 2.08. The lowest BCUT2D eigenvalue weighted by Crippen LogP contribution is -2.25. The fourth-order valence-corrected chi connectivity index (χ4v) is 1.92. The molecule has 2 rings (SSSR count). The van der Waals surface area contributed by atoms with E-state index in [1.54, 1.807) is 6.92 Å². The quantitative estimate of drug-likeness (QED) is 0.878. The van der Waals surface area contributed by atoms with Gasteiger partial charge in [0, 0.05) is 5.38 Å². The van der Waals surface area contributed by atoms with Crippen molar-refractivity contribution < 1.29 is 9.42 Å². The average molecular weight is 252 g/mol. The van der Waals surface area contributed by atoms with Crippen LogP contribution in [0.4, 0.5) is 0 Å². The number of nitrogens with one attached hydrogen (secondary N) is 1. The van der Waals surface area contributed by atoms with Gasteiger partial charge in [0.25, 0.3) is 0 Å². The van der Waals surface area contributed by atoms with Crippen molar-refractivity contribution in [2.24, 2.45) is 0 Å². The molecule has 2 heterocycles. The molecule has 7 heteroatoms. The fourth-order valence-electron chi connectivity index (χ4n) is 1.31. The van der Waals surface area contributed by atoms with Crippen LogP contribution in [0.2, 0.25) is 0 Å². The van der Waals surface area contributed by atoms with Gasteiger partial charge in [-0.1, -0.05) is 10.3 Å². The number of aryl methyl sites for hydroxylation is 2. The summed E-state index contributed by atoms with van der Waals surface area (Å²) in [7, 11) is 0. The van der Waals surface area contributed by atoms with Crippen LogP contribution in [0.25, 0.3) is 0 Å². The van der Waals surface area contributed by atoms with Gasteiger partial charge in [0.05, 0.1) is 23.7 Å². The number of hydrogen-bond acceptors (Lipinski definition) is 6. The summed E-state index contributed by atoms with van der Waals surface area (Å²) in [5, 5.41) is 12.9. The van der Waals surface area contributed by atoms with E-state index in [2.05, 4.69) is 25.2 Å². The molecule has 0 aromatic carbocycles. The summed E-state index contributed by atoms with van der Waals surface area (Å²) in [6.45, 7) is 4.02. The first-order valence-corrected chi connectivity index (χ1v) is 5.99. The van der Waals surface area contributed by atoms with Gasteiger partial charge in [-0.05, 0) is 13.8 Å². The van der Waals surface area contributed by atoms with Gasteiger partial charge in [-0.15, -0.1) is 11.3 Å². The van der Waals surface area contributed by atoms with E-state index in [0.717, 1.165) is 10.7 Å². The molecule has 0 atom stereocenters. The van der Waals surface area contributed by atoms with Crippen LogP contribution in [0.3, 0.4) is 0 Å². The predicted molar refractivity (Wildman–Crippen MR) is 61.4 cm³/mol. The number of hydrogen-bond donors (Lipinski definition) is 1. The highest BCUT2D eigenvalue weighted by Gasteiger charge is 2.09. The van der Waals surface area contributed by atoms with Gasteiger partial charge in [-0.3, -0.25) is 4.79 Å². The largest absolute Gasteiger partial charge is 0.350 e. The van der Waals surface area contributed by atoms with Crippen LogP contribution < -0.4 is 5.32 Å². The van der Waals surface area contributed by atoms with E-state index in [4.69, 9.17) is 0 Å². The van der Waals surface area contributed by atoms with Crippen molar-refractivity contribution in [2.75, 3.05) is 0 Å². The Morgan fingerprint density at radius 3 is 2.88 bits per heavy atom. The zero-order valence-electron chi connectivity index (χ0n) is 9.56. The number of thiazole rings is 1. The third-order valence-corrected chi connectivity index (χ3v) is 3.03. The first kappa shape index (κ1) is 11.7. The molecule has 1 amide bonds. The normalized spacial score (nSPS) is 10.5. The van der Waals surface area contributed by atoms with Crippen LogP contribution in [-0.2, 0) is 17.8 Å². The molecule has 0 saturated heterocycles. The number of nitrogens with zero attached hydrogens (tertiary/aromatic N) is 3. The maximum Gasteiger partial charge on any atom is 0.226 e. The Morgan fingerprint density at radius 2 is 2.29 bits per heavy atom. The highest BCUT2D eigenvalue weighted by molar-refractivity contribution is 7.09. The summed E-state index contributed by atoms with van der Waals surface area (Å²) in [6, 6.07) is 0. The fraction of sp³-hybridized carbons (Fsp3) is 0.400. The maximum absolute atomic E-state index is 11.6. The van der Waals surface area contributed by atoms with E-state index < -0.39 is 0 Å². The number of carbonyl (C=O) groups is 1. The lowest BCUT2D eigenvalue weighted by atomic mass is 10.3. The molecular weight excluding hydrogens is 240 g/mol. The van der Waals surface area contributed by atoms with Gasteiger partial charge in [-0.25, -0.2) is 9.61 Å². The smallest absolute Gasteiger partial charge is 0.226 e. The minimum atomic E-state index is -0.0855.